The van der Waals surface area contributed by atoms with Crippen molar-refractivity contribution >= 4 is 29.3 Å². The molecule has 1 atom stereocenters. The molecule has 3 rings (SSSR count). The lowest BCUT2D eigenvalue weighted by Gasteiger charge is -2.25. The minimum absolute atomic E-state index is 0.102. The van der Waals surface area contributed by atoms with E-state index in [9.17, 15) is 10.1 Å². The monoisotopic (exact) mass is 414 g/mol. The highest BCUT2D eigenvalue weighted by atomic mass is 35.5. The van der Waals surface area contributed by atoms with Crippen LogP contribution in [0.25, 0.3) is 0 Å². The zero-order chi connectivity index (χ0) is 19.9. The lowest BCUT2D eigenvalue weighted by Crippen LogP contribution is -2.31. The molecular weight excluding hydrogens is 396 g/mol. The molecule has 7 heteroatoms. The van der Waals surface area contributed by atoms with Gasteiger partial charge in [-0.2, -0.15) is 5.26 Å². The molecule has 2 aromatic rings. The Morgan fingerprint density at radius 2 is 2.00 bits per heavy atom. The quantitative estimate of drug-likeness (QED) is 0.675. The summed E-state index contributed by atoms with van der Waals surface area (Å²) in [4.78, 5) is 12.2. The number of nitrogens with one attached hydrogen (secondary N) is 1. The van der Waals surface area contributed by atoms with Crippen molar-refractivity contribution in [1.29, 1.82) is 5.26 Å². The van der Waals surface area contributed by atoms with Crippen LogP contribution in [0, 0.1) is 11.3 Å². The Morgan fingerprint density at radius 3 is 2.68 bits per heavy atom. The fraction of sp³-hybridized carbons (Fsp3) is 0.238. The van der Waals surface area contributed by atoms with Crippen LogP contribution < -0.4 is 14.8 Å². The van der Waals surface area contributed by atoms with E-state index in [0.29, 0.717) is 33.7 Å². The van der Waals surface area contributed by atoms with E-state index in [0.717, 1.165) is 11.3 Å². The van der Waals surface area contributed by atoms with E-state index in [2.05, 4.69) is 11.4 Å². The van der Waals surface area contributed by atoms with Crippen molar-refractivity contribution in [2.45, 2.75) is 12.3 Å². The molecule has 0 aliphatic carbocycles. The first-order valence-electron chi connectivity index (χ1n) is 8.70. The summed E-state index contributed by atoms with van der Waals surface area (Å²) in [7, 11) is 1.60. The molecule has 0 spiro atoms. The molecule has 1 aliphatic heterocycles. The van der Waals surface area contributed by atoms with E-state index in [1.807, 2.05) is 36.4 Å². The Balaban J connectivity index is 1.70. The van der Waals surface area contributed by atoms with Crippen molar-refractivity contribution in [3.8, 4) is 17.6 Å². The molecule has 1 amide bonds. The summed E-state index contributed by atoms with van der Waals surface area (Å²) in [5.41, 5.74) is 1.48. The number of nitriles is 1. The number of nitrogens with zero attached hydrogens (tertiary/aromatic N) is 1. The average molecular weight is 415 g/mol. The number of rotatable bonds is 7. The number of hydrogen-bond acceptors (Lipinski definition) is 5. The zero-order valence-corrected chi connectivity index (χ0v) is 16.8. The lowest BCUT2D eigenvalue weighted by molar-refractivity contribution is -0.120. The maximum Gasteiger partial charge on any atom is 0.225 e. The molecule has 1 N–H and O–H groups in total. The van der Waals surface area contributed by atoms with Gasteiger partial charge in [-0.25, -0.2) is 0 Å². The highest BCUT2D eigenvalue weighted by molar-refractivity contribution is 8.03. The normalized spacial score (nSPS) is 16.3. The number of carbonyl (C=O) groups excluding carboxylic acids is 1. The van der Waals surface area contributed by atoms with Crippen LogP contribution in [0.15, 0.2) is 59.1 Å². The molecule has 144 valence electrons. The second kappa shape index (κ2) is 9.54. The number of para-hydroxylation sites is 1. The molecular formula is C21H19ClN2O3S. The SMILES string of the molecule is COc1ccc([C@H]2CC(=O)NC(SCCOc3ccccc3Cl)=C2C#N)cc1. The molecule has 0 saturated heterocycles. The second-order valence-electron chi connectivity index (χ2n) is 6.06. The van der Waals surface area contributed by atoms with Gasteiger partial charge in [0.15, 0.2) is 0 Å². The van der Waals surface area contributed by atoms with Crippen molar-refractivity contribution < 1.29 is 14.3 Å². The first kappa shape index (κ1) is 20.1. The van der Waals surface area contributed by atoms with Gasteiger partial charge in [0.05, 0.1) is 35.4 Å². The lowest BCUT2D eigenvalue weighted by atomic mass is 9.87. The fourth-order valence-electron chi connectivity index (χ4n) is 2.91. The molecule has 0 saturated carbocycles. The summed E-state index contributed by atoms with van der Waals surface area (Å²) in [6, 6.07) is 17.0. The molecule has 0 fully saturated rings. The summed E-state index contributed by atoms with van der Waals surface area (Å²) in [6.45, 7) is 0.402. The molecule has 0 bridgehead atoms. The number of allylic oxidation sites excluding steroid dienone is 1. The van der Waals surface area contributed by atoms with Crippen molar-refractivity contribution in [3.63, 3.8) is 0 Å². The van der Waals surface area contributed by atoms with Gasteiger partial charge in [0.25, 0.3) is 0 Å². The topological polar surface area (TPSA) is 71.3 Å². The maximum atomic E-state index is 12.2. The number of amides is 1. The summed E-state index contributed by atoms with van der Waals surface area (Å²) < 4.78 is 10.9. The minimum atomic E-state index is -0.267. The van der Waals surface area contributed by atoms with Gasteiger partial charge >= 0.3 is 0 Å². The van der Waals surface area contributed by atoms with Gasteiger partial charge in [-0.15, -0.1) is 11.8 Å². The van der Waals surface area contributed by atoms with Gasteiger partial charge in [0.1, 0.15) is 11.5 Å². The van der Waals surface area contributed by atoms with E-state index < -0.39 is 0 Å². The molecule has 5 nitrogen and oxygen atoms in total. The van der Waals surface area contributed by atoms with Crippen molar-refractivity contribution in [2.24, 2.45) is 0 Å². The van der Waals surface area contributed by atoms with E-state index in [1.165, 1.54) is 11.8 Å². The summed E-state index contributed by atoms with van der Waals surface area (Å²) in [5.74, 6) is 1.55. The number of methoxy groups -OCH3 is 1. The van der Waals surface area contributed by atoms with E-state index in [-0.39, 0.29) is 18.2 Å². The number of halogens is 1. The van der Waals surface area contributed by atoms with Gasteiger partial charge in [0.2, 0.25) is 5.91 Å². The standard InChI is InChI=1S/C21H19ClN2O3S/c1-26-15-8-6-14(7-9-15)16-12-20(25)24-21(17(16)13-23)28-11-10-27-19-5-3-2-4-18(19)22/h2-9,16H,10-12H2,1H3,(H,24,25)/t16-/m1/s1. The van der Waals surface area contributed by atoms with Crippen molar-refractivity contribution in [2.75, 3.05) is 19.5 Å². The second-order valence-corrected chi connectivity index (χ2v) is 7.57. The maximum absolute atomic E-state index is 12.2. The predicted octanol–water partition coefficient (Wildman–Crippen LogP) is 4.50. The number of ether oxygens (including phenoxy) is 2. The predicted molar refractivity (Wildman–Crippen MR) is 111 cm³/mol. The smallest absolute Gasteiger partial charge is 0.225 e. The van der Waals surface area contributed by atoms with Crippen LogP contribution in [-0.2, 0) is 4.79 Å². The van der Waals surface area contributed by atoms with Gasteiger partial charge in [-0.05, 0) is 29.8 Å². The van der Waals surface area contributed by atoms with E-state index in [4.69, 9.17) is 21.1 Å². The zero-order valence-electron chi connectivity index (χ0n) is 15.3. The Hall–Kier alpha value is -2.62. The molecule has 0 radical (unpaired) electrons. The first-order valence-corrected chi connectivity index (χ1v) is 10.1. The minimum Gasteiger partial charge on any atom is -0.497 e. The Morgan fingerprint density at radius 1 is 1.25 bits per heavy atom. The molecule has 1 aliphatic rings. The third-order valence-corrected chi connectivity index (χ3v) is 5.59. The molecule has 2 aromatic carbocycles. The van der Waals surface area contributed by atoms with Crippen LogP contribution in [0.1, 0.15) is 17.9 Å². The molecule has 0 unspecified atom stereocenters. The highest BCUT2D eigenvalue weighted by Crippen LogP contribution is 2.36. The Bertz CT molecular complexity index is 922. The Kier molecular flexibility index (Phi) is 6.85. The van der Waals surface area contributed by atoms with E-state index >= 15 is 0 Å². The van der Waals surface area contributed by atoms with Crippen LogP contribution in [-0.4, -0.2) is 25.4 Å². The van der Waals surface area contributed by atoms with Gasteiger partial charge in [-0.1, -0.05) is 35.9 Å². The van der Waals surface area contributed by atoms with Crippen LogP contribution >= 0.6 is 23.4 Å². The fourth-order valence-corrected chi connectivity index (χ4v) is 4.00. The third-order valence-electron chi connectivity index (χ3n) is 4.30. The number of thioether (sulfide) groups is 1. The van der Waals surface area contributed by atoms with Gasteiger partial charge in [-0.3, -0.25) is 4.79 Å². The van der Waals surface area contributed by atoms with Crippen molar-refractivity contribution in [3.05, 3.63) is 69.7 Å². The first-order chi connectivity index (χ1) is 13.6. The summed E-state index contributed by atoms with van der Waals surface area (Å²) in [5, 5.41) is 13.7. The number of hydrogen-bond donors (Lipinski definition) is 1. The highest BCUT2D eigenvalue weighted by Gasteiger charge is 2.29. The van der Waals surface area contributed by atoms with E-state index in [1.54, 1.807) is 19.2 Å². The van der Waals surface area contributed by atoms with Crippen LogP contribution in [0.3, 0.4) is 0 Å². The largest absolute Gasteiger partial charge is 0.497 e. The molecule has 1 heterocycles. The number of carbonyl (C=O) groups is 1. The average Bonchev–Trinajstić information content (AvgIpc) is 2.72. The van der Waals surface area contributed by atoms with Crippen molar-refractivity contribution in [1.82, 2.24) is 5.32 Å². The van der Waals surface area contributed by atoms with Gasteiger partial charge in [0, 0.05) is 18.1 Å². The van der Waals surface area contributed by atoms with Gasteiger partial charge < -0.3 is 14.8 Å². The van der Waals surface area contributed by atoms with Crippen LogP contribution in [0.2, 0.25) is 5.02 Å². The van der Waals surface area contributed by atoms with Crippen LogP contribution in [0.4, 0.5) is 0 Å². The Labute approximate surface area is 173 Å². The van der Waals surface area contributed by atoms with Crippen LogP contribution in [0.5, 0.6) is 11.5 Å². The summed E-state index contributed by atoms with van der Waals surface area (Å²) >= 11 is 7.47. The number of benzene rings is 2. The summed E-state index contributed by atoms with van der Waals surface area (Å²) in [6.07, 6.45) is 0.245. The molecule has 0 aromatic heterocycles. The molecule has 28 heavy (non-hydrogen) atoms. The third kappa shape index (κ3) is 4.80.